The first kappa shape index (κ1) is 13.9. The summed E-state index contributed by atoms with van der Waals surface area (Å²) in [5.74, 6) is 0.651. The van der Waals surface area contributed by atoms with Crippen molar-refractivity contribution < 1.29 is 4.74 Å². The average Bonchev–Trinajstić information content (AvgIpc) is 2.23. The van der Waals surface area contributed by atoms with Gasteiger partial charge in [0.25, 0.3) is 5.56 Å². The molecular weight excluding hydrogens is 218 g/mol. The molecule has 0 amide bonds. The Morgan fingerprint density at radius 2 is 2.18 bits per heavy atom. The minimum Gasteiger partial charge on any atom is -0.380 e. The summed E-state index contributed by atoms with van der Waals surface area (Å²) in [6.07, 6.45) is 0. The second-order valence-electron chi connectivity index (χ2n) is 4.02. The number of nitrogens with zero attached hydrogens (tertiary/aromatic N) is 1. The van der Waals surface area contributed by atoms with Crippen LogP contribution in [-0.4, -0.2) is 29.7 Å². The highest BCUT2D eigenvalue weighted by Crippen LogP contribution is 2.10. The summed E-state index contributed by atoms with van der Waals surface area (Å²) in [5, 5.41) is 3.25. The zero-order chi connectivity index (χ0) is 12.8. The van der Waals surface area contributed by atoms with E-state index >= 15 is 0 Å². The van der Waals surface area contributed by atoms with Crippen molar-refractivity contribution in [3.05, 3.63) is 27.4 Å². The molecule has 0 aliphatic carbocycles. The lowest BCUT2D eigenvalue weighted by atomic mass is 10.1. The van der Waals surface area contributed by atoms with Gasteiger partial charge in [0, 0.05) is 24.9 Å². The molecule has 1 atom stereocenters. The SMILES string of the molecule is CCOCCNC(C)c1c(C)nc(C)[nH]c1=O. The molecule has 1 unspecified atom stereocenters. The van der Waals surface area contributed by atoms with Crippen molar-refractivity contribution in [2.24, 2.45) is 0 Å². The molecule has 0 saturated carbocycles. The Kier molecular flexibility index (Phi) is 5.31. The van der Waals surface area contributed by atoms with Gasteiger partial charge in [-0.1, -0.05) is 0 Å². The van der Waals surface area contributed by atoms with E-state index in [0.29, 0.717) is 24.6 Å². The lowest BCUT2D eigenvalue weighted by molar-refractivity contribution is 0.147. The second-order valence-corrected chi connectivity index (χ2v) is 4.02. The lowest BCUT2D eigenvalue weighted by Gasteiger charge is -2.15. The Morgan fingerprint density at radius 1 is 1.47 bits per heavy atom. The van der Waals surface area contributed by atoms with E-state index in [1.165, 1.54) is 0 Å². The van der Waals surface area contributed by atoms with Crippen LogP contribution >= 0.6 is 0 Å². The molecule has 1 aromatic heterocycles. The predicted octanol–water partition coefficient (Wildman–Crippen LogP) is 1.07. The maximum Gasteiger partial charge on any atom is 0.255 e. The minimum atomic E-state index is -0.0635. The van der Waals surface area contributed by atoms with Crippen molar-refractivity contribution in [3.63, 3.8) is 0 Å². The first-order chi connectivity index (χ1) is 8.06. The van der Waals surface area contributed by atoms with Crippen LogP contribution in [0.1, 0.15) is 37.0 Å². The summed E-state index contributed by atoms with van der Waals surface area (Å²) in [4.78, 5) is 18.8. The van der Waals surface area contributed by atoms with Crippen LogP contribution in [0.15, 0.2) is 4.79 Å². The van der Waals surface area contributed by atoms with E-state index in [4.69, 9.17) is 4.74 Å². The zero-order valence-corrected chi connectivity index (χ0v) is 11.0. The van der Waals surface area contributed by atoms with Gasteiger partial charge in [-0.3, -0.25) is 4.79 Å². The number of aryl methyl sites for hydroxylation is 2. The number of hydrogen-bond donors (Lipinski definition) is 2. The quantitative estimate of drug-likeness (QED) is 0.729. The number of rotatable bonds is 6. The number of nitrogens with one attached hydrogen (secondary N) is 2. The van der Waals surface area contributed by atoms with Gasteiger partial charge in [0.1, 0.15) is 5.82 Å². The molecule has 5 heteroatoms. The highest BCUT2D eigenvalue weighted by Gasteiger charge is 2.13. The monoisotopic (exact) mass is 239 g/mol. The molecule has 1 aromatic rings. The summed E-state index contributed by atoms with van der Waals surface area (Å²) in [5.41, 5.74) is 1.42. The fourth-order valence-electron chi connectivity index (χ4n) is 1.84. The van der Waals surface area contributed by atoms with Crippen LogP contribution in [0, 0.1) is 13.8 Å². The molecule has 0 aromatic carbocycles. The molecule has 1 heterocycles. The van der Waals surface area contributed by atoms with Gasteiger partial charge in [-0.15, -0.1) is 0 Å². The van der Waals surface area contributed by atoms with Crippen LogP contribution in [0.2, 0.25) is 0 Å². The van der Waals surface area contributed by atoms with E-state index in [1.54, 1.807) is 6.92 Å². The Balaban J connectivity index is 2.69. The van der Waals surface area contributed by atoms with Crippen molar-refractivity contribution in [1.29, 1.82) is 0 Å². The maximum absolute atomic E-state index is 11.8. The number of hydrogen-bond acceptors (Lipinski definition) is 4. The van der Waals surface area contributed by atoms with Gasteiger partial charge in [0.05, 0.1) is 12.2 Å². The standard InChI is InChI=1S/C12H21N3O2/c1-5-17-7-6-13-8(2)11-9(3)14-10(4)15-12(11)16/h8,13H,5-7H2,1-4H3,(H,14,15,16). The molecule has 2 N–H and O–H groups in total. The number of aromatic amines is 1. The Bertz CT molecular complexity index is 415. The van der Waals surface area contributed by atoms with Crippen LogP contribution in [0.3, 0.4) is 0 Å². The summed E-state index contributed by atoms with van der Waals surface area (Å²) in [6, 6.07) is -0.0210. The zero-order valence-electron chi connectivity index (χ0n) is 11.0. The van der Waals surface area contributed by atoms with E-state index in [9.17, 15) is 4.79 Å². The molecule has 5 nitrogen and oxygen atoms in total. The van der Waals surface area contributed by atoms with Gasteiger partial charge < -0.3 is 15.0 Å². The largest absolute Gasteiger partial charge is 0.380 e. The molecular formula is C12H21N3O2. The number of ether oxygens (including phenoxy) is 1. The van der Waals surface area contributed by atoms with Gasteiger partial charge >= 0.3 is 0 Å². The highest BCUT2D eigenvalue weighted by molar-refractivity contribution is 5.19. The van der Waals surface area contributed by atoms with Crippen LogP contribution < -0.4 is 10.9 Å². The van der Waals surface area contributed by atoms with Gasteiger partial charge in [-0.25, -0.2) is 4.98 Å². The molecule has 0 radical (unpaired) electrons. The highest BCUT2D eigenvalue weighted by atomic mass is 16.5. The van der Waals surface area contributed by atoms with Gasteiger partial charge in [0.2, 0.25) is 0 Å². The molecule has 0 aliphatic rings. The van der Waals surface area contributed by atoms with E-state index in [1.807, 2.05) is 20.8 Å². The van der Waals surface area contributed by atoms with E-state index in [2.05, 4.69) is 15.3 Å². The number of aromatic nitrogens is 2. The van der Waals surface area contributed by atoms with E-state index < -0.39 is 0 Å². The smallest absolute Gasteiger partial charge is 0.255 e. The van der Waals surface area contributed by atoms with Crippen LogP contribution in [0.5, 0.6) is 0 Å². The van der Waals surface area contributed by atoms with Crippen molar-refractivity contribution in [2.45, 2.75) is 33.7 Å². The number of H-pyrrole nitrogens is 1. The van der Waals surface area contributed by atoms with Gasteiger partial charge in [0.15, 0.2) is 0 Å². The second kappa shape index (κ2) is 6.51. The average molecular weight is 239 g/mol. The van der Waals surface area contributed by atoms with E-state index in [0.717, 1.165) is 12.2 Å². The molecule has 0 fully saturated rings. The third-order valence-electron chi connectivity index (χ3n) is 2.60. The first-order valence-corrected chi connectivity index (χ1v) is 5.94. The Labute approximate surface area is 102 Å². The van der Waals surface area contributed by atoms with Gasteiger partial charge in [-0.05, 0) is 27.7 Å². The van der Waals surface area contributed by atoms with E-state index in [-0.39, 0.29) is 11.6 Å². The van der Waals surface area contributed by atoms with Gasteiger partial charge in [-0.2, -0.15) is 0 Å². The molecule has 0 spiro atoms. The van der Waals surface area contributed by atoms with Crippen molar-refractivity contribution in [3.8, 4) is 0 Å². The summed E-state index contributed by atoms with van der Waals surface area (Å²) >= 11 is 0. The molecule has 17 heavy (non-hydrogen) atoms. The Hall–Kier alpha value is -1.20. The van der Waals surface area contributed by atoms with Crippen molar-refractivity contribution >= 4 is 0 Å². The van der Waals surface area contributed by atoms with Crippen LogP contribution in [-0.2, 0) is 4.74 Å². The fraction of sp³-hybridized carbons (Fsp3) is 0.667. The predicted molar refractivity (Wildman–Crippen MR) is 67.2 cm³/mol. The van der Waals surface area contributed by atoms with Crippen LogP contribution in [0.25, 0.3) is 0 Å². The summed E-state index contributed by atoms with van der Waals surface area (Å²) < 4.78 is 5.24. The summed E-state index contributed by atoms with van der Waals surface area (Å²) in [7, 11) is 0. The minimum absolute atomic E-state index is 0.0210. The van der Waals surface area contributed by atoms with Crippen molar-refractivity contribution in [1.82, 2.24) is 15.3 Å². The van der Waals surface area contributed by atoms with Crippen LogP contribution in [0.4, 0.5) is 0 Å². The molecule has 1 rings (SSSR count). The Morgan fingerprint density at radius 3 is 2.76 bits per heavy atom. The molecule has 96 valence electrons. The summed E-state index contributed by atoms with van der Waals surface area (Å²) in [6.45, 7) is 9.65. The normalized spacial score (nSPS) is 12.7. The topological polar surface area (TPSA) is 67.0 Å². The molecule has 0 aliphatic heterocycles. The first-order valence-electron chi connectivity index (χ1n) is 5.94. The third kappa shape index (κ3) is 3.94. The fourth-order valence-corrected chi connectivity index (χ4v) is 1.84. The lowest BCUT2D eigenvalue weighted by Crippen LogP contribution is -2.30. The maximum atomic E-state index is 11.8. The molecule has 0 bridgehead atoms. The van der Waals surface area contributed by atoms with Crippen molar-refractivity contribution in [2.75, 3.05) is 19.8 Å². The third-order valence-corrected chi connectivity index (χ3v) is 2.60. The molecule has 0 saturated heterocycles.